The number of nitrogens with one attached hydrogen (secondary N) is 2. The second kappa shape index (κ2) is 3.17. The van der Waals surface area contributed by atoms with Crippen LogP contribution in [0.5, 0.6) is 0 Å². The summed E-state index contributed by atoms with van der Waals surface area (Å²) >= 11 is 1.40. The molecule has 0 saturated carbocycles. The Morgan fingerprint density at radius 1 is 1.38 bits per heavy atom. The third-order valence-corrected chi connectivity index (χ3v) is 3.03. The number of benzene rings is 1. The highest BCUT2D eigenvalue weighted by molar-refractivity contribution is 7.22. The zero-order valence-electron chi connectivity index (χ0n) is 8.02. The van der Waals surface area contributed by atoms with Gasteiger partial charge in [0.15, 0.2) is 11.0 Å². The number of aromatic nitrogens is 4. The number of nitrogens with zero attached hydrogens (tertiary/aromatic N) is 2. The smallest absolute Gasteiger partial charge is 0.340 e. The minimum absolute atomic E-state index is 0.320. The summed E-state index contributed by atoms with van der Waals surface area (Å²) < 4.78 is 0.971. The molecule has 0 bridgehead atoms. The molecule has 0 radical (unpaired) electrons. The normalized spacial score (nSPS) is 11.0. The van der Waals surface area contributed by atoms with Gasteiger partial charge in [-0.15, -0.1) is 0 Å². The molecule has 3 rings (SSSR count). The van der Waals surface area contributed by atoms with Crippen molar-refractivity contribution in [3.63, 3.8) is 0 Å². The molecule has 2 heterocycles. The van der Waals surface area contributed by atoms with Crippen molar-refractivity contribution in [2.24, 2.45) is 0 Å². The van der Waals surface area contributed by atoms with E-state index in [9.17, 15) is 4.79 Å². The van der Waals surface area contributed by atoms with Gasteiger partial charge in [0.05, 0.1) is 10.2 Å². The summed E-state index contributed by atoms with van der Waals surface area (Å²) in [6.07, 6.45) is 0. The average molecular weight is 233 g/mol. The standard InChI is InChI=1S/C9H7N5OS/c10-8-11-5-2-1-4(3-6(5)16-8)7-12-9(15)14-13-7/h1-3H,(H2,10,11)(H2,12,13,14,15). The maximum atomic E-state index is 10.9. The van der Waals surface area contributed by atoms with Crippen LogP contribution in [0, 0.1) is 0 Å². The first-order valence-corrected chi connectivity index (χ1v) is 5.35. The van der Waals surface area contributed by atoms with E-state index >= 15 is 0 Å². The number of nitrogen functional groups attached to an aromatic ring is 1. The van der Waals surface area contributed by atoms with E-state index in [1.165, 1.54) is 11.3 Å². The first-order chi connectivity index (χ1) is 7.72. The van der Waals surface area contributed by atoms with Gasteiger partial charge in [-0.1, -0.05) is 11.3 Å². The van der Waals surface area contributed by atoms with Gasteiger partial charge in [0, 0.05) is 5.56 Å². The van der Waals surface area contributed by atoms with E-state index in [0.29, 0.717) is 11.0 Å². The lowest BCUT2D eigenvalue weighted by Crippen LogP contribution is -2.00. The summed E-state index contributed by atoms with van der Waals surface area (Å²) in [6, 6.07) is 5.59. The SMILES string of the molecule is Nc1nc2ccc(-c3n[nH]c(=O)[nH]3)cc2s1. The van der Waals surface area contributed by atoms with Gasteiger partial charge in [0.25, 0.3) is 0 Å². The van der Waals surface area contributed by atoms with Crippen LogP contribution in [-0.4, -0.2) is 20.2 Å². The van der Waals surface area contributed by atoms with Crippen molar-refractivity contribution >= 4 is 26.7 Å². The predicted octanol–water partition coefficient (Wildman–Crippen LogP) is 0.957. The fourth-order valence-corrected chi connectivity index (χ4v) is 2.27. The van der Waals surface area contributed by atoms with E-state index in [-0.39, 0.29) is 5.69 Å². The molecule has 0 amide bonds. The molecule has 16 heavy (non-hydrogen) atoms. The summed E-state index contributed by atoms with van der Waals surface area (Å²) in [4.78, 5) is 17.7. The van der Waals surface area contributed by atoms with Gasteiger partial charge < -0.3 is 5.73 Å². The Hall–Kier alpha value is -2.15. The number of thiazole rings is 1. The van der Waals surface area contributed by atoms with Crippen molar-refractivity contribution in [1.82, 2.24) is 20.2 Å². The van der Waals surface area contributed by atoms with E-state index in [2.05, 4.69) is 20.2 Å². The van der Waals surface area contributed by atoms with Crippen molar-refractivity contribution in [3.05, 3.63) is 28.7 Å². The van der Waals surface area contributed by atoms with E-state index in [0.717, 1.165) is 15.8 Å². The van der Waals surface area contributed by atoms with E-state index in [4.69, 9.17) is 5.73 Å². The number of H-pyrrole nitrogens is 2. The highest BCUT2D eigenvalue weighted by Crippen LogP contribution is 2.27. The summed E-state index contributed by atoms with van der Waals surface area (Å²) in [5, 5.41) is 6.71. The molecular formula is C9H7N5OS. The molecule has 0 atom stereocenters. The number of aromatic amines is 2. The second-order valence-electron chi connectivity index (χ2n) is 3.26. The van der Waals surface area contributed by atoms with Crippen LogP contribution < -0.4 is 11.4 Å². The van der Waals surface area contributed by atoms with Crippen molar-refractivity contribution in [2.45, 2.75) is 0 Å². The molecule has 0 aliphatic rings. The summed E-state index contributed by atoms with van der Waals surface area (Å²) in [6.45, 7) is 0. The molecule has 3 aromatic rings. The van der Waals surface area contributed by atoms with Crippen LogP contribution in [0.15, 0.2) is 23.0 Å². The van der Waals surface area contributed by atoms with Crippen LogP contribution in [0.2, 0.25) is 0 Å². The quantitative estimate of drug-likeness (QED) is 0.582. The van der Waals surface area contributed by atoms with Crippen molar-refractivity contribution in [2.75, 3.05) is 5.73 Å². The van der Waals surface area contributed by atoms with Crippen LogP contribution >= 0.6 is 11.3 Å². The van der Waals surface area contributed by atoms with Crippen LogP contribution in [-0.2, 0) is 0 Å². The number of hydrogen-bond acceptors (Lipinski definition) is 5. The van der Waals surface area contributed by atoms with Gasteiger partial charge in [-0.05, 0) is 18.2 Å². The summed E-state index contributed by atoms with van der Waals surface area (Å²) in [5.41, 5.74) is 6.97. The minimum atomic E-state index is -0.320. The zero-order chi connectivity index (χ0) is 11.1. The number of fused-ring (bicyclic) bond motifs is 1. The lowest BCUT2D eigenvalue weighted by molar-refractivity contribution is 1.05. The lowest BCUT2D eigenvalue weighted by atomic mass is 10.2. The van der Waals surface area contributed by atoms with Crippen LogP contribution in [0.25, 0.3) is 21.6 Å². The fourth-order valence-electron chi connectivity index (χ4n) is 1.50. The van der Waals surface area contributed by atoms with Crippen molar-refractivity contribution < 1.29 is 0 Å². The van der Waals surface area contributed by atoms with Gasteiger partial charge in [0.2, 0.25) is 0 Å². The van der Waals surface area contributed by atoms with E-state index in [1.54, 1.807) is 0 Å². The Labute approximate surface area is 93.1 Å². The van der Waals surface area contributed by atoms with Crippen LogP contribution in [0.3, 0.4) is 0 Å². The van der Waals surface area contributed by atoms with Gasteiger partial charge in [-0.2, -0.15) is 5.10 Å². The van der Waals surface area contributed by atoms with E-state index < -0.39 is 0 Å². The number of nitrogens with two attached hydrogens (primary N) is 1. The number of rotatable bonds is 1. The molecule has 1 aromatic carbocycles. The molecule has 0 unspecified atom stereocenters. The molecule has 0 saturated heterocycles. The third-order valence-electron chi connectivity index (χ3n) is 2.18. The highest BCUT2D eigenvalue weighted by atomic mass is 32.1. The maximum absolute atomic E-state index is 10.9. The summed E-state index contributed by atoms with van der Waals surface area (Å²) in [5.74, 6) is 0.513. The van der Waals surface area contributed by atoms with Crippen molar-refractivity contribution in [1.29, 1.82) is 0 Å². The Balaban J connectivity index is 2.21. The molecular weight excluding hydrogens is 226 g/mol. The molecule has 80 valence electrons. The summed E-state index contributed by atoms with van der Waals surface area (Å²) in [7, 11) is 0. The molecule has 0 aliphatic carbocycles. The predicted molar refractivity (Wildman–Crippen MR) is 62.2 cm³/mol. The topological polar surface area (TPSA) is 100 Å². The first-order valence-electron chi connectivity index (χ1n) is 4.53. The lowest BCUT2D eigenvalue weighted by Gasteiger charge is -1.94. The van der Waals surface area contributed by atoms with Gasteiger partial charge in [-0.3, -0.25) is 4.98 Å². The molecule has 0 aliphatic heterocycles. The van der Waals surface area contributed by atoms with Crippen LogP contribution in [0.4, 0.5) is 5.13 Å². The monoisotopic (exact) mass is 233 g/mol. The Morgan fingerprint density at radius 3 is 3.00 bits per heavy atom. The third kappa shape index (κ3) is 1.38. The van der Waals surface area contributed by atoms with Crippen molar-refractivity contribution in [3.8, 4) is 11.4 Å². The average Bonchev–Trinajstić information content (AvgIpc) is 2.81. The Morgan fingerprint density at radius 2 is 2.25 bits per heavy atom. The number of anilines is 1. The van der Waals surface area contributed by atoms with Gasteiger partial charge in [0.1, 0.15) is 0 Å². The molecule has 0 fully saturated rings. The molecule has 4 N–H and O–H groups in total. The Bertz CT molecular complexity index is 710. The van der Waals surface area contributed by atoms with E-state index in [1.807, 2.05) is 18.2 Å². The fraction of sp³-hybridized carbons (Fsp3) is 0. The second-order valence-corrected chi connectivity index (χ2v) is 4.32. The largest absolute Gasteiger partial charge is 0.375 e. The van der Waals surface area contributed by atoms with Gasteiger partial charge >= 0.3 is 5.69 Å². The Kier molecular flexibility index (Phi) is 1.80. The zero-order valence-corrected chi connectivity index (χ0v) is 8.84. The molecule has 6 nitrogen and oxygen atoms in total. The molecule has 0 spiro atoms. The molecule has 2 aromatic heterocycles. The maximum Gasteiger partial charge on any atom is 0.340 e. The van der Waals surface area contributed by atoms with Crippen LogP contribution in [0.1, 0.15) is 0 Å². The minimum Gasteiger partial charge on any atom is -0.375 e. The van der Waals surface area contributed by atoms with Gasteiger partial charge in [-0.25, -0.2) is 14.9 Å². The number of hydrogen-bond donors (Lipinski definition) is 3. The molecule has 7 heteroatoms. The first kappa shape index (κ1) is 9.10. The highest BCUT2D eigenvalue weighted by Gasteiger charge is 2.06.